The monoisotopic (exact) mass is 345 g/mol. The Bertz CT molecular complexity index is 808. The fraction of sp³-hybridized carbons (Fsp3) is 0.500. The summed E-state index contributed by atoms with van der Waals surface area (Å²) in [6.07, 6.45) is 3.31. The number of carbonyl (C=O) groups is 1. The quantitative estimate of drug-likeness (QED) is 0.634. The van der Waals surface area contributed by atoms with Crippen molar-refractivity contribution >= 4 is 28.6 Å². The van der Waals surface area contributed by atoms with Gasteiger partial charge in [-0.25, -0.2) is 4.98 Å². The molecule has 1 amide bonds. The molecule has 0 unspecified atom stereocenters. The van der Waals surface area contributed by atoms with Crippen molar-refractivity contribution < 1.29 is 4.79 Å². The number of amides is 1. The second-order valence-corrected chi connectivity index (χ2v) is 7.44. The van der Waals surface area contributed by atoms with Crippen LogP contribution in [0.25, 0.3) is 10.9 Å². The molecule has 0 radical (unpaired) electrons. The SMILES string of the molecule is C[C@H]1CCC[C@H](C)N1C(=O)CSc1nc2ccccc2c(=O)n1C. The number of carbonyl (C=O) groups excluding carboxylic acids is 1. The lowest BCUT2D eigenvalue weighted by atomic mass is 9.98. The van der Waals surface area contributed by atoms with Crippen LogP contribution in [0.5, 0.6) is 0 Å². The Kier molecular flexibility index (Phi) is 4.94. The van der Waals surface area contributed by atoms with Gasteiger partial charge in [-0.15, -0.1) is 0 Å². The first-order valence-electron chi connectivity index (χ1n) is 8.38. The van der Waals surface area contributed by atoms with Gasteiger partial charge < -0.3 is 4.90 Å². The molecular formula is C18H23N3O2S. The first kappa shape index (κ1) is 17.0. The molecule has 1 aliphatic rings. The minimum atomic E-state index is -0.0738. The molecule has 0 spiro atoms. The van der Waals surface area contributed by atoms with Crippen molar-refractivity contribution in [3.63, 3.8) is 0 Å². The largest absolute Gasteiger partial charge is 0.337 e. The summed E-state index contributed by atoms with van der Waals surface area (Å²) in [6.45, 7) is 4.23. The van der Waals surface area contributed by atoms with Gasteiger partial charge in [-0.2, -0.15) is 0 Å². The van der Waals surface area contributed by atoms with Gasteiger partial charge in [0, 0.05) is 19.1 Å². The number of rotatable bonds is 3. The number of benzene rings is 1. The Morgan fingerprint density at radius 3 is 2.62 bits per heavy atom. The van der Waals surface area contributed by atoms with Crippen molar-refractivity contribution in [2.75, 3.05) is 5.75 Å². The van der Waals surface area contributed by atoms with Crippen molar-refractivity contribution in [3.8, 4) is 0 Å². The summed E-state index contributed by atoms with van der Waals surface area (Å²) >= 11 is 1.34. The number of aromatic nitrogens is 2. The normalized spacial score (nSPS) is 21.2. The minimum absolute atomic E-state index is 0.0738. The maximum absolute atomic E-state index is 12.6. The molecule has 0 N–H and O–H groups in total. The van der Waals surface area contributed by atoms with Crippen LogP contribution < -0.4 is 5.56 Å². The number of nitrogens with zero attached hydrogens (tertiary/aromatic N) is 3. The lowest BCUT2D eigenvalue weighted by Gasteiger charge is -2.39. The summed E-state index contributed by atoms with van der Waals surface area (Å²) in [4.78, 5) is 31.6. The van der Waals surface area contributed by atoms with Gasteiger partial charge in [0.05, 0.1) is 16.7 Å². The van der Waals surface area contributed by atoms with Crippen LogP contribution in [0, 0.1) is 0 Å². The Morgan fingerprint density at radius 2 is 1.92 bits per heavy atom. The van der Waals surface area contributed by atoms with E-state index in [9.17, 15) is 9.59 Å². The van der Waals surface area contributed by atoms with E-state index in [0.717, 1.165) is 12.8 Å². The van der Waals surface area contributed by atoms with Crippen LogP contribution in [0.4, 0.5) is 0 Å². The van der Waals surface area contributed by atoms with Crippen LogP contribution in [0.1, 0.15) is 33.1 Å². The zero-order valence-corrected chi connectivity index (χ0v) is 15.2. The molecule has 3 rings (SSSR count). The highest BCUT2D eigenvalue weighted by molar-refractivity contribution is 7.99. The number of piperidine rings is 1. The third-order valence-electron chi connectivity index (χ3n) is 4.75. The molecular weight excluding hydrogens is 322 g/mol. The molecule has 0 aliphatic carbocycles. The smallest absolute Gasteiger partial charge is 0.261 e. The van der Waals surface area contributed by atoms with Gasteiger partial charge in [-0.1, -0.05) is 23.9 Å². The van der Waals surface area contributed by atoms with Crippen molar-refractivity contribution in [1.82, 2.24) is 14.5 Å². The maximum Gasteiger partial charge on any atom is 0.261 e. The number of hydrogen-bond acceptors (Lipinski definition) is 4. The minimum Gasteiger partial charge on any atom is -0.337 e. The zero-order chi connectivity index (χ0) is 17.3. The number of hydrogen-bond donors (Lipinski definition) is 0. The fourth-order valence-electron chi connectivity index (χ4n) is 3.44. The van der Waals surface area contributed by atoms with E-state index in [1.54, 1.807) is 13.1 Å². The third-order valence-corrected chi connectivity index (χ3v) is 5.76. The first-order valence-corrected chi connectivity index (χ1v) is 9.37. The molecule has 0 bridgehead atoms. The summed E-state index contributed by atoms with van der Waals surface area (Å²) in [6, 6.07) is 7.89. The van der Waals surface area contributed by atoms with Gasteiger partial charge in [0.15, 0.2) is 5.16 Å². The van der Waals surface area contributed by atoms with Crippen molar-refractivity contribution in [2.45, 2.75) is 50.4 Å². The third kappa shape index (κ3) is 3.20. The average molecular weight is 345 g/mol. The topological polar surface area (TPSA) is 55.2 Å². The number of para-hydroxylation sites is 1. The lowest BCUT2D eigenvalue weighted by molar-refractivity contribution is -0.134. The molecule has 1 aromatic carbocycles. The Hall–Kier alpha value is -1.82. The molecule has 0 saturated carbocycles. The van der Waals surface area contributed by atoms with Crippen molar-refractivity contribution in [2.24, 2.45) is 7.05 Å². The van der Waals surface area contributed by atoms with Crippen LogP contribution in [0.3, 0.4) is 0 Å². The summed E-state index contributed by atoms with van der Waals surface area (Å²) < 4.78 is 1.53. The molecule has 1 fully saturated rings. The fourth-order valence-corrected chi connectivity index (χ4v) is 4.28. The van der Waals surface area contributed by atoms with Gasteiger partial charge in [0.1, 0.15) is 0 Å². The molecule has 1 aliphatic heterocycles. The van der Waals surface area contributed by atoms with Crippen LogP contribution in [-0.2, 0) is 11.8 Å². The molecule has 1 saturated heterocycles. The second kappa shape index (κ2) is 6.97. The maximum atomic E-state index is 12.6. The van der Waals surface area contributed by atoms with Gasteiger partial charge in [0.25, 0.3) is 5.56 Å². The van der Waals surface area contributed by atoms with E-state index in [0.29, 0.717) is 21.8 Å². The van der Waals surface area contributed by atoms with E-state index in [2.05, 4.69) is 18.8 Å². The first-order chi connectivity index (χ1) is 11.5. The average Bonchev–Trinajstić information content (AvgIpc) is 2.56. The molecule has 2 atom stereocenters. The molecule has 5 nitrogen and oxygen atoms in total. The van der Waals surface area contributed by atoms with E-state index in [-0.39, 0.29) is 23.6 Å². The number of fused-ring (bicyclic) bond motifs is 1. The number of thioether (sulfide) groups is 1. The predicted molar refractivity (Wildman–Crippen MR) is 97.3 cm³/mol. The predicted octanol–water partition coefficient (Wildman–Crippen LogP) is 2.82. The van der Waals surface area contributed by atoms with E-state index < -0.39 is 0 Å². The molecule has 2 heterocycles. The van der Waals surface area contributed by atoms with E-state index in [1.165, 1.54) is 22.7 Å². The van der Waals surface area contributed by atoms with E-state index in [4.69, 9.17) is 0 Å². The van der Waals surface area contributed by atoms with Crippen LogP contribution in [0.2, 0.25) is 0 Å². The van der Waals surface area contributed by atoms with E-state index >= 15 is 0 Å². The Morgan fingerprint density at radius 1 is 1.25 bits per heavy atom. The summed E-state index contributed by atoms with van der Waals surface area (Å²) in [7, 11) is 1.71. The Balaban J connectivity index is 1.79. The molecule has 2 aromatic rings. The highest BCUT2D eigenvalue weighted by Gasteiger charge is 2.28. The molecule has 128 valence electrons. The lowest BCUT2D eigenvalue weighted by Crippen LogP contribution is -2.48. The van der Waals surface area contributed by atoms with Crippen LogP contribution in [-0.4, -0.2) is 38.2 Å². The van der Waals surface area contributed by atoms with Crippen molar-refractivity contribution in [1.29, 1.82) is 0 Å². The molecule has 6 heteroatoms. The summed E-state index contributed by atoms with van der Waals surface area (Å²) in [5, 5.41) is 1.19. The van der Waals surface area contributed by atoms with Gasteiger partial charge in [-0.05, 0) is 45.2 Å². The zero-order valence-electron chi connectivity index (χ0n) is 14.4. The standard InChI is InChI=1S/C18H23N3O2S/c1-12-7-6-8-13(2)21(12)16(22)11-24-18-19-15-10-5-4-9-14(15)17(23)20(18)3/h4-5,9-10,12-13H,6-8,11H2,1-3H3/t12-,13-/m0/s1. The van der Waals surface area contributed by atoms with Crippen LogP contribution >= 0.6 is 11.8 Å². The second-order valence-electron chi connectivity index (χ2n) is 6.49. The van der Waals surface area contributed by atoms with Gasteiger partial charge in [0.2, 0.25) is 5.91 Å². The highest BCUT2D eigenvalue weighted by atomic mass is 32.2. The Labute approximate surface area is 146 Å². The highest BCUT2D eigenvalue weighted by Crippen LogP contribution is 2.25. The number of likely N-dealkylation sites (tertiary alicyclic amines) is 1. The summed E-state index contributed by atoms with van der Waals surface area (Å²) in [5.74, 6) is 0.440. The van der Waals surface area contributed by atoms with Crippen LogP contribution in [0.15, 0.2) is 34.2 Å². The molecule has 24 heavy (non-hydrogen) atoms. The van der Waals surface area contributed by atoms with Gasteiger partial charge >= 0.3 is 0 Å². The van der Waals surface area contributed by atoms with E-state index in [1.807, 2.05) is 23.1 Å². The molecule has 1 aromatic heterocycles. The van der Waals surface area contributed by atoms with Gasteiger partial charge in [-0.3, -0.25) is 14.2 Å². The summed E-state index contributed by atoms with van der Waals surface area (Å²) in [5.41, 5.74) is 0.602. The van der Waals surface area contributed by atoms with Crippen molar-refractivity contribution in [3.05, 3.63) is 34.6 Å².